The van der Waals surface area contributed by atoms with Crippen molar-refractivity contribution in [3.8, 4) is 0 Å². The Hall–Kier alpha value is -1.91. The fraction of sp³-hybridized carbons (Fsp3) is 0.235. The van der Waals surface area contributed by atoms with E-state index in [1.165, 1.54) is 0 Å². The largest absolute Gasteiger partial charge is 0.384 e. The second-order valence-electron chi connectivity index (χ2n) is 5.07. The standard InChI is InChI=1S/C17H20N2OS/c1-19(2)17(21)18-12-14-10-6-7-11-15(14)16(20)13-8-4-3-5-9-13/h3-11,16,20H,12H2,1-2H3,(H,18,21). The molecule has 1 unspecified atom stereocenters. The van der Waals surface area contributed by atoms with Crippen molar-refractivity contribution in [3.63, 3.8) is 0 Å². The van der Waals surface area contributed by atoms with Crippen LogP contribution in [-0.2, 0) is 6.54 Å². The Balaban J connectivity index is 2.19. The molecule has 2 rings (SSSR count). The van der Waals surface area contributed by atoms with Gasteiger partial charge in [-0.25, -0.2) is 0 Å². The van der Waals surface area contributed by atoms with E-state index in [0.29, 0.717) is 11.7 Å². The minimum Gasteiger partial charge on any atom is -0.384 e. The van der Waals surface area contributed by atoms with Gasteiger partial charge in [0.1, 0.15) is 6.10 Å². The number of nitrogens with one attached hydrogen (secondary N) is 1. The average Bonchev–Trinajstić information content (AvgIpc) is 2.53. The third kappa shape index (κ3) is 4.03. The zero-order chi connectivity index (χ0) is 15.2. The molecule has 110 valence electrons. The number of hydrogen-bond donors (Lipinski definition) is 2. The minimum absolute atomic E-state index is 0.594. The van der Waals surface area contributed by atoms with Crippen LogP contribution in [0, 0.1) is 0 Å². The molecular weight excluding hydrogens is 280 g/mol. The molecule has 1 atom stereocenters. The van der Waals surface area contributed by atoms with Gasteiger partial charge in [0.15, 0.2) is 5.11 Å². The third-order valence-corrected chi connectivity index (χ3v) is 3.81. The van der Waals surface area contributed by atoms with Gasteiger partial charge in [0.2, 0.25) is 0 Å². The molecule has 0 radical (unpaired) electrons. The molecule has 0 heterocycles. The molecule has 0 saturated carbocycles. The highest BCUT2D eigenvalue weighted by Crippen LogP contribution is 2.24. The van der Waals surface area contributed by atoms with E-state index in [9.17, 15) is 5.11 Å². The highest BCUT2D eigenvalue weighted by molar-refractivity contribution is 7.80. The van der Waals surface area contributed by atoms with Crippen molar-refractivity contribution in [1.29, 1.82) is 0 Å². The number of thiocarbonyl (C=S) groups is 1. The molecule has 4 heteroatoms. The molecule has 0 aliphatic rings. The van der Waals surface area contributed by atoms with E-state index in [0.717, 1.165) is 16.7 Å². The SMILES string of the molecule is CN(C)C(=S)NCc1ccccc1C(O)c1ccccc1. The van der Waals surface area contributed by atoms with Crippen molar-refractivity contribution < 1.29 is 5.11 Å². The van der Waals surface area contributed by atoms with Crippen LogP contribution in [0.3, 0.4) is 0 Å². The molecule has 0 aliphatic heterocycles. The molecule has 0 bridgehead atoms. The Morgan fingerprint density at radius 2 is 1.71 bits per heavy atom. The van der Waals surface area contributed by atoms with Crippen molar-refractivity contribution in [2.75, 3.05) is 14.1 Å². The van der Waals surface area contributed by atoms with Gasteiger partial charge in [0.25, 0.3) is 0 Å². The molecule has 21 heavy (non-hydrogen) atoms. The summed E-state index contributed by atoms with van der Waals surface area (Å²) in [6.07, 6.45) is -0.628. The fourth-order valence-electron chi connectivity index (χ4n) is 2.11. The van der Waals surface area contributed by atoms with Crippen molar-refractivity contribution >= 4 is 17.3 Å². The molecule has 0 spiro atoms. The van der Waals surface area contributed by atoms with E-state index in [2.05, 4.69) is 5.32 Å². The first kappa shape index (κ1) is 15.5. The lowest BCUT2D eigenvalue weighted by Crippen LogP contribution is -2.34. The summed E-state index contributed by atoms with van der Waals surface area (Å²) in [5.41, 5.74) is 2.83. The lowest BCUT2D eigenvalue weighted by atomic mass is 9.97. The molecule has 0 aromatic heterocycles. The molecule has 3 nitrogen and oxygen atoms in total. The normalized spacial score (nSPS) is 11.8. The van der Waals surface area contributed by atoms with Crippen molar-refractivity contribution in [2.45, 2.75) is 12.6 Å². The Kier molecular flexibility index (Phi) is 5.31. The van der Waals surface area contributed by atoms with Crippen LogP contribution in [0.1, 0.15) is 22.8 Å². The number of aliphatic hydroxyl groups excluding tert-OH is 1. The van der Waals surface area contributed by atoms with Crippen LogP contribution >= 0.6 is 12.2 Å². The maximum atomic E-state index is 10.6. The number of hydrogen-bond acceptors (Lipinski definition) is 2. The molecule has 2 aromatic carbocycles. The molecule has 2 aromatic rings. The molecular formula is C17H20N2OS. The van der Waals surface area contributed by atoms with E-state index >= 15 is 0 Å². The predicted octanol–water partition coefficient (Wildman–Crippen LogP) is 2.70. The van der Waals surface area contributed by atoms with Gasteiger partial charge in [-0.3, -0.25) is 0 Å². The van der Waals surface area contributed by atoms with Gasteiger partial charge in [0, 0.05) is 20.6 Å². The maximum absolute atomic E-state index is 10.6. The van der Waals surface area contributed by atoms with Gasteiger partial charge in [0.05, 0.1) is 0 Å². The molecule has 0 saturated heterocycles. The predicted molar refractivity (Wildman–Crippen MR) is 90.1 cm³/mol. The summed E-state index contributed by atoms with van der Waals surface area (Å²) >= 11 is 5.23. The maximum Gasteiger partial charge on any atom is 0.168 e. The third-order valence-electron chi connectivity index (χ3n) is 3.30. The van der Waals surface area contributed by atoms with Crippen molar-refractivity contribution in [2.24, 2.45) is 0 Å². The quantitative estimate of drug-likeness (QED) is 0.851. The first-order valence-electron chi connectivity index (χ1n) is 6.85. The summed E-state index contributed by atoms with van der Waals surface area (Å²) in [6, 6.07) is 17.5. The Morgan fingerprint density at radius 3 is 2.38 bits per heavy atom. The van der Waals surface area contributed by atoms with Crippen LogP contribution in [0.4, 0.5) is 0 Å². The van der Waals surface area contributed by atoms with Gasteiger partial charge in [-0.05, 0) is 28.9 Å². The molecule has 2 N–H and O–H groups in total. The minimum atomic E-state index is -0.628. The van der Waals surface area contributed by atoms with Crippen LogP contribution in [0.5, 0.6) is 0 Å². The van der Waals surface area contributed by atoms with Crippen LogP contribution in [0.25, 0.3) is 0 Å². The van der Waals surface area contributed by atoms with Crippen molar-refractivity contribution in [3.05, 3.63) is 71.3 Å². The van der Waals surface area contributed by atoms with E-state index in [4.69, 9.17) is 12.2 Å². The highest BCUT2D eigenvalue weighted by atomic mass is 32.1. The van der Waals surface area contributed by atoms with E-state index in [-0.39, 0.29) is 0 Å². The van der Waals surface area contributed by atoms with E-state index in [1.54, 1.807) is 0 Å². The smallest absolute Gasteiger partial charge is 0.168 e. The molecule has 0 fully saturated rings. The summed E-state index contributed by atoms with van der Waals surface area (Å²) in [4.78, 5) is 1.85. The number of benzene rings is 2. The Bertz CT molecular complexity index is 599. The van der Waals surface area contributed by atoms with Crippen molar-refractivity contribution in [1.82, 2.24) is 10.2 Å². The Labute approximate surface area is 131 Å². The lowest BCUT2D eigenvalue weighted by Gasteiger charge is -2.19. The summed E-state index contributed by atoms with van der Waals surface area (Å²) in [7, 11) is 3.81. The lowest BCUT2D eigenvalue weighted by molar-refractivity contribution is 0.219. The van der Waals surface area contributed by atoms with Crippen LogP contribution in [-0.4, -0.2) is 29.2 Å². The highest BCUT2D eigenvalue weighted by Gasteiger charge is 2.14. The van der Waals surface area contributed by atoms with Gasteiger partial charge < -0.3 is 15.3 Å². The average molecular weight is 300 g/mol. The number of rotatable bonds is 4. The zero-order valence-electron chi connectivity index (χ0n) is 12.3. The summed E-state index contributed by atoms with van der Waals surface area (Å²) < 4.78 is 0. The van der Waals surface area contributed by atoms with E-state index in [1.807, 2.05) is 73.6 Å². The van der Waals surface area contributed by atoms with Crippen LogP contribution in [0.2, 0.25) is 0 Å². The monoisotopic (exact) mass is 300 g/mol. The first-order chi connectivity index (χ1) is 10.1. The van der Waals surface area contributed by atoms with Gasteiger partial charge in [-0.15, -0.1) is 0 Å². The summed E-state index contributed by atoms with van der Waals surface area (Å²) in [6.45, 7) is 0.594. The molecule has 0 amide bonds. The summed E-state index contributed by atoms with van der Waals surface area (Å²) in [5, 5.41) is 14.4. The van der Waals surface area contributed by atoms with Gasteiger partial charge in [-0.2, -0.15) is 0 Å². The second-order valence-corrected chi connectivity index (χ2v) is 5.45. The van der Waals surface area contributed by atoms with Gasteiger partial charge in [-0.1, -0.05) is 54.6 Å². The number of aliphatic hydroxyl groups is 1. The fourth-order valence-corrected chi connectivity index (χ4v) is 2.18. The van der Waals surface area contributed by atoms with E-state index < -0.39 is 6.10 Å². The second kappa shape index (κ2) is 7.20. The van der Waals surface area contributed by atoms with Gasteiger partial charge >= 0.3 is 0 Å². The Morgan fingerprint density at radius 1 is 1.10 bits per heavy atom. The first-order valence-corrected chi connectivity index (χ1v) is 7.26. The summed E-state index contributed by atoms with van der Waals surface area (Å²) in [5.74, 6) is 0. The zero-order valence-corrected chi connectivity index (χ0v) is 13.1. The number of nitrogens with zero attached hydrogens (tertiary/aromatic N) is 1. The van der Waals surface area contributed by atoms with Crippen LogP contribution < -0.4 is 5.32 Å². The van der Waals surface area contributed by atoms with Crippen LogP contribution in [0.15, 0.2) is 54.6 Å². The molecule has 0 aliphatic carbocycles. The topological polar surface area (TPSA) is 35.5 Å².